The van der Waals surface area contributed by atoms with Crippen molar-refractivity contribution in [3.8, 4) is 0 Å². The lowest BCUT2D eigenvalue weighted by molar-refractivity contribution is 0.969. The van der Waals surface area contributed by atoms with E-state index in [1.807, 2.05) is 69.4 Å². The molecule has 2 aromatic rings. The molecule has 0 saturated heterocycles. The zero-order valence-electron chi connectivity index (χ0n) is 17.4. The molecule has 30 heavy (non-hydrogen) atoms. The Morgan fingerprint density at radius 1 is 0.933 bits per heavy atom. The van der Waals surface area contributed by atoms with Gasteiger partial charge in [-0.05, 0) is 26.8 Å². The molecule has 0 saturated carbocycles. The Morgan fingerprint density at radius 2 is 1.60 bits per heavy atom. The Labute approximate surface area is 176 Å². The van der Waals surface area contributed by atoms with Gasteiger partial charge in [0.1, 0.15) is 0 Å². The smallest absolute Gasteiger partial charge is 0.0969 e. The van der Waals surface area contributed by atoms with Crippen molar-refractivity contribution < 1.29 is 0 Å². The van der Waals surface area contributed by atoms with Gasteiger partial charge in [-0.25, -0.2) is 4.99 Å². The summed E-state index contributed by atoms with van der Waals surface area (Å²) in [5.74, 6) is 0. The van der Waals surface area contributed by atoms with Crippen molar-refractivity contribution in [2.24, 2.45) is 10.7 Å². The summed E-state index contributed by atoms with van der Waals surface area (Å²) in [6, 6.07) is 3.75. The van der Waals surface area contributed by atoms with E-state index in [2.05, 4.69) is 10.3 Å². The number of nitrogen functional groups attached to an aromatic ring is 2. The van der Waals surface area contributed by atoms with Gasteiger partial charge in [-0.2, -0.15) is 0 Å². The van der Waals surface area contributed by atoms with E-state index >= 15 is 0 Å². The van der Waals surface area contributed by atoms with Gasteiger partial charge < -0.3 is 22.5 Å². The summed E-state index contributed by atoms with van der Waals surface area (Å²) < 4.78 is 0. The number of aromatic nitrogens is 1. The molecule has 0 bridgehead atoms. The van der Waals surface area contributed by atoms with Crippen molar-refractivity contribution in [1.82, 2.24) is 4.98 Å². The molecule has 6 nitrogen and oxygen atoms in total. The van der Waals surface area contributed by atoms with Gasteiger partial charge in [-0.3, -0.25) is 4.98 Å². The summed E-state index contributed by atoms with van der Waals surface area (Å²) in [6.45, 7) is 5.86. The predicted octanol–water partition coefficient (Wildman–Crippen LogP) is 4.81. The fourth-order valence-corrected chi connectivity index (χ4v) is 4.07. The third kappa shape index (κ3) is 2.80. The van der Waals surface area contributed by atoms with E-state index < -0.39 is 0 Å². The lowest BCUT2D eigenvalue weighted by Crippen LogP contribution is -2.32. The summed E-state index contributed by atoms with van der Waals surface area (Å²) in [5, 5.41) is 3.67. The molecule has 6 heteroatoms. The van der Waals surface area contributed by atoms with E-state index in [4.69, 9.17) is 22.2 Å². The van der Waals surface area contributed by atoms with Crippen LogP contribution in [0.5, 0.6) is 0 Å². The van der Waals surface area contributed by atoms with E-state index in [0.717, 1.165) is 45.0 Å². The van der Waals surface area contributed by atoms with Crippen molar-refractivity contribution in [3.63, 3.8) is 0 Å². The lowest BCUT2D eigenvalue weighted by Gasteiger charge is -2.35. The zero-order valence-corrected chi connectivity index (χ0v) is 17.4. The summed E-state index contributed by atoms with van der Waals surface area (Å²) in [6.07, 6.45) is 13.5. The predicted molar refractivity (Wildman–Crippen MR) is 128 cm³/mol. The maximum atomic E-state index is 6.52. The van der Waals surface area contributed by atoms with Crippen molar-refractivity contribution in [1.29, 1.82) is 0 Å². The molecule has 1 aliphatic carbocycles. The molecule has 4 rings (SSSR count). The number of anilines is 3. The maximum Gasteiger partial charge on any atom is 0.0969 e. The summed E-state index contributed by atoms with van der Waals surface area (Å²) in [4.78, 5) is 9.63. The Balaban J connectivity index is 2.10. The van der Waals surface area contributed by atoms with Crippen LogP contribution in [0.4, 0.5) is 22.7 Å². The van der Waals surface area contributed by atoms with Crippen LogP contribution >= 0.6 is 0 Å². The van der Waals surface area contributed by atoms with Gasteiger partial charge in [0.2, 0.25) is 0 Å². The van der Waals surface area contributed by atoms with E-state index in [1.54, 1.807) is 6.20 Å². The number of pyridine rings is 1. The number of rotatable bonds is 3. The largest absolute Gasteiger partial charge is 0.396 e. The molecule has 0 spiro atoms. The molecule has 1 aromatic carbocycles. The second-order valence-corrected chi connectivity index (χ2v) is 7.22. The normalized spacial score (nSPS) is 17.8. The molecule has 1 unspecified atom stereocenters. The molecular formula is C24H26N6. The van der Waals surface area contributed by atoms with Crippen molar-refractivity contribution in [3.05, 3.63) is 70.6 Å². The van der Waals surface area contributed by atoms with E-state index in [-0.39, 0.29) is 6.04 Å². The molecule has 1 aromatic heterocycles. The van der Waals surface area contributed by atoms with Crippen LogP contribution in [-0.4, -0.2) is 10.7 Å². The molecule has 1 atom stereocenters. The number of fused-ring (bicyclic) bond motifs is 4. The first-order valence-electron chi connectivity index (χ1n) is 9.96. The van der Waals surface area contributed by atoms with Crippen LogP contribution in [0.15, 0.2) is 53.2 Å². The second-order valence-electron chi connectivity index (χ2n) is 7.22. The van der Waals surface area contributed by atoms with Crippen molar-refractivity contribution in [2.45, 2.75) is 26.8 Å². The number of hydrogen-bond donors (Lipinski definition) is 4. The number of benzene rings is 1. The number of nitrogens with two attached hydrogens (primary N) is 3. The SMILES string of the molecule is C/C=C\C1=C(N)c2ncccc2C2Nc3c(/C=C\C)c(N)c(N)c(/C=C\C)c3N=C12. The molecule has 1 aliphatic heterocycles. The van der Waals surface area contributed by atoms with Crippen LogP contribution in [-0.2, 0) is 0 Å². The van der Waals surface area contributed by atoms with Crippen molar-refractivity contribution in [2.75, 3.05) is 16.8 Å². The molecule has 152 valence electrons. The van der Waals surface area contributed by atoms with Gasteiger partial charge in [-0.15, -0.1) is 0 Å². The third-order valence-electron chi connectivity index (χ3n) is 5.40. The molecule has 2 heterocycles. The Bertz CT molecular complexity index is 1180. The van der Waals surface area contributed by atoms with Gasteiger partial charge in [0.15, 0.2) is 0 Å². The Hall–Kier alpha value is -3.80. The quantitative estimate of drug-likeness (QED) is 0.554. The minimum Gasteiger partial charge on any atom is -0.396 e. The topological polar surface area (TPSA) is 115 Å². The van der Waals surface area contributed by atoms with Crippen LogP contribution in [0.1, 0.15) is 49.2 Å². The van der Waals surface area contributed by atoms with E-state index in [0.29, 0.717) is 17.1 Å². The summed E-state index contributed by atoms with van der Waals surface area (Å²) >= 11 is 0. The maximum absolute atomic E-state index is 6.52. The highest BCUT2D eigenvalue weighted by atomic mass is 15.0. The van der Waals surface area contributed by atoms with Crippen LogP contribution in [0.25, 0.3) is 17.8 Å². The molecule has 0 amide bonds. The fourth-order valence-electron chi connectivity index (χ4n) is 4.07. The lowest BCUT2D eigenvalue weighted by atomic mass is 9.84. The first-order chi connectivity index (χ1) is 14.5. The standard InChI is InChI=1S/C24H26N6/c1-4-8-13-17(25)18(26)14(9-5-2)22-21(13)29-23-15(10-6-3)19(27)20-16(24(23)30-22)11-7-12-28-20/h4-12,24,30H,25-27H2,1-3H3/b8-4-,9-5-,10-6-. The molecule has 7 N–H and O–H groups in total. The molecule has 0 fully saturated rings. The number of hydrogen-bond acceptors (Lipinski definition) is 6. The Kier molecular flexibility index (Phi) is 4.91. The van der Waals surface area contributed by atoms with Gasteiger partial charge in [0.05, 0.1) is 45.9 Å². The minimum atomic E-state index is -0.190. The number of allylic oxidation sites excluding steroid dienone is 4. The number of aliphatic imine (C=N–C) groups is 1. The van der Waals surface area contributed by atoms with Gasteiger partial charge in [-0.1, -0.05) is 42.5 Å². The van der Waals surface area contributed by atoms with Crippen LogP contribution < -0.4 is 22.5 Å². The van der Waals surface area contributed by atoms with Crippen molar-refractivity contribution >= 4 is 46.3 Å². The Morgan fingerprint density at radius 3 is 2.30 bits per heavy atom. The minimum absolute atomic E-state index is 0.190. The van der Waals surface area contributed by atoms with Gasteiger partial charge in [0.25, 0.3) is 0 Å². The summed E-state index contributed by atoms with van der Waals surface area (Å²) in [5.41, 5.74) is 27.8. The number of nitrogens with zero attached hydrogens (tertiary/aromatic N) is 2. The molecule has 0 radical (unpaired) electrons. The van der Waals surface area contributed by atoms with Crippen LogP contribution in [0, 0.1) is 0 Å². The van der Waals surface area contributed by atoms with Crippen LogP contribution in [0.2, 0.25) is 0 Å². The fraction of sp³-hybridized carbons (Fsp3) is 0.167. The monoisotopic (exact) mass is 398 g/mol. The van der Waals surface area contributed by atoms with Crippen LogP contribution in [0.3, 0.4) is 0 Å². The second kappa shape index (κ2) is 7.55. The summed E-state index contributed by atoms with van der Waals surface area (Å²) in [7, 11) is 0. The first kappa shape index (κ1) is 19.5. The average Bonchev–Trinajstić information content (AvgIpc) is 2.76. The highest BCUT2D eigenvalue weighted by molar-refractivity contribution is 6.19. The number of nitrogens with one attached hydrogen (secondary N) is 1. The zero-order chi connectivity index (χ0) is 21.4. The highest BCUT2D eigenvalue weighted by Crippen LogP contribution is 2.49. The average molecular weight is 399 g/mol. The third-order valence-corrected chi connectivity index (χ3v) is 5.40. The van der Waals surface area contributed by atoms with Gasteiger partial charge in [0, 0.05) is 28.5 Å². The molecule has 2 aliphatic rings. The molecular weight excluding hydrogens is 372 g/mol. The van der Waals surface area contributed by atoms with Gasteiger partial charge >= 0.3 is 0 Å². The highest BCUT2D eigenvalue weighted by Gasteiger charge is 2.36. The first-order valence-corrected chi connectivity index (χ1v) is 9.96. The van der Waals surface area contributed by atoms with E-state index in [9.17, 15) is 0 Å². The van der Waals surface area contributed by atoms with E-state index in [1.165, 1.54) is 0 Å².